The summed E-state index contributed by atoms with van der Waals surface area (Å²) in [7, 11) is 2.11. The van der Waals surface area contributed by atoms with Gasteiger partial charge < -0.3 is 5.32 Å². The molecule has 0 aromatic heterocycles. The molecule has 1 aliphatic carbocycles. The first-order valence-electron chi connectivity index (χ1n) is 8.23. The van der Waals surface area contributed by atoms with Crippen molar-refractivity contribution in [2.75, 3.05) is 13.6 Å². The van der Waals surface area contributed by atoms with E-state index < -0.39 is 0 Å². The van der Waals surface area contributed by atoms with Gasteiger partial charge in [-0.15, -0.1) is 0 Å². The second kappa shape index (κ2) is 5.87. The van der Waals surface area contributed by atoms with Crippen molar-refractivity contribution in [1.82, 2.24) is 10.2 Å². The van der Waals surface area contributed by atoms with Gasteiger partial charge in [-0.1, -0.05) is 31.2 Å². The van der Waals surface area contributed by atoms with Gasteiger partial charge in [-0.05, 0) is 56.7 Å². The lowest BCUT2D eigenvalue weighted by Crippen LogP contribution is -2.53. The Hall–Kier alpha value is -0.860. The average molecular weight is 272 g/mol. The Labute approximate surface area is 123 Å². The molecule has 1 aliphatic heterocycles. The molecule has 20 heavy (non-hydrogen) atoms. The molecule has 110 valence electrons. The Balaban J connectivity index is 1.84. The third kappa shape index (κ3) is 2.40. The highest BCUT2D eigenvalue weighted by molar-refractivity contribution is 5.32. The molecule has 0 radical (unpaired) electrons. The lowest BCUT2D eigenvalue weighted by Gasteiger charge is -2.47. The Kier molecular flexibility index (Phi) is 4.13. The monoisotopic (exact) mass is 272 g/mol. The molecule has 2 nitrogen and oxygen atoms in total. The van der Waals surface area contributed by atoms with Gasteiger partial charge in [0.15, 0.2) is 0 Å². The zero-order chi connectivity index (χ0) is 14.1. The first-order chi connectivity index (χ1) is 9.72. The summed E-state index contributed by atoms with van der Waals surface area (Å²) in [5.74, 6) is 0.725. The molecule has 2 aliphatic rings. The van der Waals surface area contributed by atoms with Crippen molar-refractivity contribution in [1.29, 1.82) is 0 Å². The van der Waals surface area contributed by atoms with Crippen LogP contribution >= 0.6 is 0 Å². The minimum Gasteiger partial charge on any atom is -0.317 e. The van der Waals surface area contributed by atoms with Crippen LogP contribution in [0.25, 0.3) is 0 Å². The normalized spacial score (nSPS) is 34.8. The number of hydrogen-bond acceptors (Lipinski definition) is 2. The van der Waals surface area contributed by atoms with Gasteiger partial charge in [-0.3, -0.25) is 4.90 Å². The Morgan fingerprint density at radius 1 is 1.15 bits per heavy atom. The van der Waals surface area contributed by atoms with E-state index in [4.69, 9.17) is 0 Å². The lowest BCUT2D eigenvalue weighted by atomic mass is 9.81. The summed E-state index contributed by atoms with van der Waals surface area (Å²) in [5, 5.41) is 3.50. The molecule has 2 heteroatoms. The maximum atomic E-state index is 3.50. The predicted octanol–water partition coefficient (Wildman–Crippen LogP) is 3.38. The number of rotatable bonds is 2. The van der Waals surface area contributed by atoms with Crippen molar-refractivity contribution in [2.45, 2.75) is 57.7 Å². The third-order valence-electron chi connectivity index (χ3n) is 5.73. The second-order valence-corrected chi connectivity index (χ2v) is 6.63. The van der Waals surface area contributed by atoms with E-state index in [2.05, 4.69) is 55.4 Å². The van der Waals surface area contributed by atoms with Gasteiger partial charge in [-0.2, -0.15) is 0 Å². The highest BCUT2D eigenvalue weighted by atomic mass is 15.2. The molecule has 3 rings (SSSR count). The van der Waals surface area contributed by atoms with Crippen LogP contribution in [0.4, 0.5) is 0 Å². The fourth-order valence-corrected chi connectivity index (χ4v) is 4.31. The fourth-order valence-electron chi connectivity index (χ4n) is 4.31. The molecule has 1 aromatic rings. The topological polar surface area (TPSA) is 15.3 Å². The molecule has 1 aromatic carbocycles. The Bertz CT molecular complexity index is 456. The van der Waals surface area contributed by atoms with Crippen molar-refractivity contribution >= 4 is 0 Å². The number of likely N-dealkylation sites (tertiary alicyclic amines) is 1. The Morgan fingerprint density at radius 2 is 1.95 bits per heavy atom. The smallest absolute Gasteiger partial charge is 0.0353 e. The van der Waals surface area contributed by atoms with Crippen molar-refractivity contribution in [2.24, 2.45) is 5.92 Å². The zero-order valence-electron chi connectivity index (χ0n) is 13.1. The largest absolute Gasteiger partial charge is 0.317 e. The molecule has 0 spiro atoms. The number of hydrogen-bond donors (Lipinski definition) is 1. The first kappa shape index (κ1) is 14.1. The highest BCUT2D eigenvalue weighted by Crippen LogP contribution is 2.38. The van der Waals surface area contributed by atoms with Gasteiger partial charge >= 0.3 is 0 Å². The number of benzene rings is 1. The number of nitrogens with one attached hydrogen (secondary N) is 1. The summed E-state index contributed by atoms with van der Waals surface area (Å²) in [6.07, 6.45) is 5.22. The van der Waals surface area contributed by atoms with Gasteiger partial charge in [0.25, 0.3) is 0 Å². The maximum Gasteiger partial charge on any atom is 0.0353 e. The molecular weight excluding hydrogens is 244 g/mol. The van der Waals surface area contributed by atoms with E-state index >= 15 is 0 Å². The van der Waals surface area contributed by atoms with Crippen LogP contribution < -0.4 is 5.32 Å². The maximum absolute atomic E-state index is 3.50. The number of fused-ring (bicyclic) bond motifs is 1. The molecule has 0 bridgehead atoms. The van der Waals surface area contributed by atoms with Crippen LogP contribution in [0.1, 0.15) is 50.3 Å². The van der Waals surface area contributed by atoms with Crippen LogP contribution in [0.3, 0.4) is 0 Å². The van der Waals surface area contributed by atoms with Crippen molar-refractivity contribution < 1.29 is 0 Å². The molecule has 0 saturated carbocycles. The van der Waals surface area contributed by atoms with Gasteiger partial charge in [0, 0.05) is 24.7 Å². The minimum atomic E-state index is 0.648. The number of nitrogens with zero attached hydrogens (tertiary/aromatic N) is 1. The summed E-state index contributed by atoms with van der Waals surface area (Å²) < 4.78 is 0. The van der Waals surface area contributed by atoms with Crippen molar-refractivity contribution in [3.05, 3.63) is 35.4 Å². The van der Waals surface area contributed by atoms with Crippen LogP contribution in [0.5, 0.6) is 0 Å². The van der Waals surface area contributed by atoms with Crippen LogP contribution in [0.2, 0.25) is 0 Å². The standard InChI is InChI=1S/C18H28N2/c1-13-14(2)20(12-11-17(13)19-3)18-10-6-8-15-7-4-5-9-16(15)18/h4-5,7,9,13-14,17-19H,6,8,10-12H2,1-3H3. The highest BCUT2D eigenvalue weighted by Gasteiger charge is 2.36. The zero-order valence-corrected chi connectivity index (χ0v) is 13.1. The number of piperidine rings is 1. The molecule has 1 N–H and O–H groups in total. The van der Waals surface area contributed by atoms with Crippen LogP contribution in [0, 0.1) is 5.92 Å². The summed E-state index contributed by atoms with van der Waals surface area (Å²) in [5.41, 5.74) is 3.18. The first-order valence-corrected chi connectivity index (χ1v) is 8.23. The average Bonchev–Trinajstić information content (AvgIpc) is 2.50. The lowest BCUT2D eigenvalue weighted by molar-refractivity contribution is 0.0410. The molecule has 1 heterocycles. The SMILES string of the molecule is CNC1CCN(C2CCCc3ccccc32)C(C)C1C. The van der Waals surface area contributed by atoms with E-state index in [9.17, 15) is 0 Å². The van der Waals surface area contributed by atoms with Gasteiger partial charge in [-0.25, -0.2) is 0 Å². The molecule has 4 unspecified atom stereocenters. The second-order valence-electron chi connectivity index (χ2n) is 6.63. The van der Waals surface area contributed by atoms with E-state index in [0.717, 1.165) is 5.92 Å². The predicted molar refractivity (Wildman–Crippen MR) is 84.9 cm³/mol. The van der Waals surface area contributed by atoms with Crippen LogP contribution in [0.15, 0.2) is 24.3 Å². The summed E-state index contributed by atoms with van der Waals surface area (Å²) >= 11 is 0. The molecular formula is C18H28N2. The van der Waals surface area contributed by atoms with Crippen LogP contribution in [-0.4, -0.2) is 30.6 Å². The molecule has 0 amide bonds. The Morgan fingerprint density at radius 3 is 2.75 bits per heavy atom. The summed E-state index contributed by atoms with van der Waals surface area (Å²) in [4.78, 5) is 2.77. The summed E-state index contributed by atoms with van der Waals surface area (Å²) in [6.45, 7) is 6.06. The fraction of sp³-hybridized carbons (Fsp3) is 0.667. The minimum absolute atomic E-state index is 0.648. The van der Waals surface area contributed by atoms with Crippen LogP contribution in [-0.2, 0) is 6.42 Å². The van der Waals surface area contributed by atoms with Gasteiger partial charge in [0.05, 0.1) is 0 Å². The quantitative estimate of drug-likeness (QED) is 0.888. The third-order valence-corrected chi connectivity index (χ3v) is 5.73. The van der Waals surface area contributed by atoms with Crippen molar-refractivity contribution in [3.8, 4) is 0 Å². The van der Waals surface area contributed by atoms with E-state index in [1.807, 2.05) is 0 Å². The van der Waals surface area contributed by atoms with E-state index in [1.165, 1.54) is 32.2 Å². The molecule has 1 saturated heterocycles. The van der Waals surface area contributed by atoms with E-state index in [1.54, 1.807) is 11.1 Å². The van der Waals surface area contributed by atoms with Gasteiger partial charge in [0.2, 0.25) is 0 Å². The summed E-state index contributed by atoms with van der Waals surface area (Å²) in [6, 6.07) is 11.1. The van der Waals surface area contributed by atoms with E-state index in [-0.39, 0.29) is 0 Å². The molecule has 4 atom stereocenters. The van der Waals surface area contributed by atoms with E-state index in [0.29, 0.717) is 18.1 Å². The number of aryl methyl sites for hydroxylation is 1. The molecule has 1 fully saturated rings. The van der Waals surface area contributed by atoms with Crippen molar-refractivity contribution in [3.63, 3.8) is 0 Å². The van der Waals surface area contributed by atoms with Gasteiger partial charge in [0.1, 0.15) is 0 Å².